The topological polar surface area (TPSA) is 78.7 Å². The van der Waals surface area contributed by atoms with E-state index in [2.05, 4.69) is 45.4 Å². The molecule has 0 radical (unpaired) electrons. The summed E-state index contributed by atoms with van der Waals surface area (Å²) in [6.45, 7) is 6.69. The van der Waals surface area contributed by atoms with Crippen LogP contribution in [0.1, 0.15) is 46.3 Å². The highest BCUT2D eigenvalue weighted by molar-refractivity contribution is 14.0. The Morgan fingerprint density at radius 2 is 2.00 bits per heavy atom. The van der Waals surface area contributed by atoms with Gasteiger partial charge in [0.05, 0.1) is 19.4 Å². The molecular weight excluding hydrogens is 523 g/mol. The third kappa shape index (κ3) is 8.02. The number of carbonyl (C=O) groups excluding carboxylic acids is 1. The third-order valence-electron chi connectivity index (χ3n) is 4.56. The lowest BCUT2D eigenvalue weighted by molar-refractivity contribution is 0.0948. The number of halogens is 1. The molecule has 0 aliphatic rings. The monoisotopic (exact) mass is 552 g/mol. The Hall–Kier alpha value is -2.33. The zero-order valence-electron chi connectivity index (χ0n) is 17.8. The van der Waals surface area contributed by atoms with Crippen molar-refractivity contribution in [3.8, 4) is 0 Å². The molecule has 0 fully saturated rings. The lowest BCUT2D eigenvalue weighted by Gasteiger charge is -2.15. The normalized spacial score (nSPS) is 12.0. The van der Waals surface area contributed by atoms with Gasteiger partial charge in [0.15, 0.2) is 5.96 Å². The second kappa shape index (κ2) is 13.2. The summed E-state index contributed by atoms with van der Waals surface area (Å²) < 4.78 is 5.25. The fraction of sp³-hybridized carbons (Fsp3) is 0.304. The van der Waals surface area contributed by atoms with Crippen LogP contribution >= 0.6 is 35.3 Å². The van der Waals surface area contributed by atoms with Crippen LogP contribution in [-0.4, -0.2) is 25.0 Å². The lowest BCUT2D eigenvalue weighted by atomic mass is 10.1. The standard InChI is InChI=1S/C23H28N4O2S.HI/c1-3-24-23(26-14-17(2)21-10-6-12-30-21)27-15-18-7-4-8-19(13-18)22(28)25-16-20-9-5-11-29-20;/h4-13,17H,3,14-16H2,1-2H3,(H,25,28)(H2,24,26,27);1H. The Kier molecular flexibility index (Phi) is 10.6. The van der Waals surface area contributed by atoms with Gasteiger partial charge in [0.2, 0.25) is 0 Å². The van der Waals surface area contributed by atoms with Gasteiger partial charge in [-0.3, -0.25) is 4.79 Å². The summed E-state index contributed by atoms with van der Waals surface area (Å²) in [5.74, 6) is 1.78. The number of carbonyl (C=O) groups is 1. The van der Waals surface area contributed by atoms with Crippen molar-refractivity contribution in [2.45, 2.75) is 32.9 Å². The van der Waals surface area contributed by atoms with Crippen LogP contribution in [0, 0.1) is 0 Å². The highest BCUT2D eigenvalue weighted by atomic mass is 127. The predicted molar refractivity (Wildman–Crippen MR) is 137 cm³/mol. The SMILES string of the molecule is CCNC(=NCc1cccc(C(=O)NCc2ccco2)c1)NCC(C)c1cccs1.I. The molecular formula is C23H29IN4O2S. The van der Waals surface area contributed by atoms with Crippen molar-refractivity contribution in [1.29, 1.82) is 0 Å². The van der Waals surface area contributed by atoms with Crippen LogP contribution in [0.5, 0.6) is 0 Å². The number of amides is 1. The summed E-state index contributed by atoms with van der Waals surface area (Å²) in [7, 11) is 0. The summed E-state index contributed by atoms with van der Waals surface area (Å²) in [6, 6.07) is 15.4. The quantitative estimate of drug-likeness (QED) is 0.204. The van der Waals surface area contributed by atoms with E-state index < -0.39 is 0 Å². The van der Waals surface area contributed by atoms with Crippen LogP contribution in [-0.2, 0) is 13.1 Å². The van der Waals surface area contributed by atoms with Crippen LogP contribution in [0.4, 0.5) is 0 Å². The highest BCUT2D eigenvalue weighted by Gasteiger charge is 2.09. The van der Waals surface area contributed by atoms with Gasteiger partial charge < -0.3 is 20.4 Å². The molecule has 0 saturated carbocycles. The number of nitrogens with one attached hydrogen (secondary N) is 3. The Bertz CT molecular complexity index is 942. The number of benzene rings is 1. The molecule has 0 saturated heterocycles. The molecule has 0 aliphatic heterocycles. The maximum absolute atomic E-state index is 12.4. The van der Waals surface area contributed by atoms with E-state index in [0.717, 1.165) is 30.4 Å². The first kappa shape index (κ1) is 24.9. The fourth-order valence-electron chi connectivity index (χ4n) is 2.93. The van der Waals surface area contributed by atoms with Gasteiger partial charge in [-0.15, -0.1) is 35.3 Å². The molecule has 166 valence electrons. The molecule has 6 nitrogen and oxygen atoms in total. The van der Waals surface area contributed by atoms with Crippen molar-refractivity contribution in [2.75, 3.05) is 13.1 Å². The zero-order valence-corrected chi connectivity index (χ0v) is 20.9. The smallest absolute Gasteiger partial charge is 0.251 e. The van der Waals surface area contributed by atoms with Crippen LogP contribution < -0.4 is 16.0 Å². The number of rotatable bonds is 9. The van der Waals surface area contributed by atoms with E-state index in [1.807, 2.05) is 31.2 Å². The number of guanidine groups is 1. The third-order valence-corrected chi connectivity index (χ3v) is 5.66. The van der Waals surface area contributed by atoms with Gasteiger partial charge >= 0.3 is 0 Å². The van der Waals surface area contributed by atoms with Gasteiger partial charge in [-0.25, -0.2) is 4.99 Å². The molecule has 2 aromatic heterocycles. The number of thiophene rings is 1. The molecule has 2 heterocycles. The first-order valence-electron chi connectivity index (χ1n) is 10.1. The molecule has 1 aromatic carbocycles. The summed E-state index contributed by atoms with van der Waals surface area (Å²) >= 11 is 1.77. The highest BCUT2D eigenvalue weighted by Crippen LogP contribution is 2.19. The molecule has 1 atom stereocenters. The molecule has 8 heteroatoms. The second-order valence-corrected chi connectivity index (χ2v) is 7.93. The molecule has 0 spiro atoms. The summed E-state index contributed by atoms with van der Waals surface area (Å²) in [6.07, 6.45) is 1.59. The number of nitrogens with zero attached hydrogens (tertiary/aromatic N) is 1. The van der Waals surface area contributed by atoms with Crippen molar-refractivity contribution < 1.29 is 9.21 Å². The van der Waals surface area contributed by atoms with E-state index in [-0.39, 0.29) is 29.9 Å². The first-order chi connectivity index (χ1) is 14.7. The number of aliphatic imine (C=N–C) groups is 1. The minimum absolute atomic E-state index is 0. The number of furan rings is 1. The number of hydrogen-bond acceptors (Lipinski definition) is 4. The average molecular weight is 552 g/mol. The lowest BCUT2D eigenvalue weighted by Crippen LogP contribution is -2.39. The van der Waals surface area contributed by atoms with E-state index >= 15 is 0 Å². The van der Waals surface area contributed by atoms with Gasteiger partial charge in [0.1, 0.15) is 5.76 Å². The second-order valence-electron chi connectivity index (χ2n) is 6.95. The largest absolute Gasteiger partial charge is 0.467 e. The molecule has 0 aliphatic carbocycles. The molecule has 3 aromatic rings. The van der Waals surface area contributed by atoms with E-state index in [4.69, 9.17) is 4.42 Å². The Balaban J connectivity index is 0.00000341. The molecule has 31 heavy (non-hydrogen) atoms. The molecule has 1 unspecified atom stereocenters. The maximum atomic E-state index is 12.4. The van der Waals surface area contributed by atoms with Gasteiger partial charge in [-0.2, -0.15) is 0 Å². The summed E-state index contributed by atoms with van der Waals surface area (Å²) in [5, 5.41) is 11.7. The van der Waals surface area contributed by atoms with Gasteiger partial charge in [0, 0.05) is 29.4 Å². The Morgan fingerprint density at radius 3 is 2.71 bits per heavy atom. The van der Waals surface area contributed by atoms with E-state index in [1.165, 1.54) is 4.88 Å². The first-order valence-corrected chi connectivity index (χ1v) is 11.0. The summed E-state index contributed by atoms with van der Waals surface area (Å²) in [4.78, 5) is 18.4. The van der Waals surface area contributed by atoms with Gasteiger partial charge in [-0.1, -0.05) is 25.1 Å². The van der Waals surface area contributed by atoms with E-state index in [1.54, 1.807) is 29.7 Å². The molecule has 0 bridgehead atoms. The summed E-state index contributed by atoms with van der Waals surface area (Å²) in [5.41, 5.74) is 1.59. The average Bonchev–Trinajstić information content (AvgIpc) is 3.48. The van der Waals surface area contributed by atoms with Crippen LogP contribution in [0.15, 0.2) is 69.6 Å². The Morgan fingerprint density at radius 1 is 1.13 bits per heavy atom. The van der Waals surface area contributed by atoms with Crippen molar-refractivity contribution in [3.63, 3.8) is 0 Å². The zero-order chi connectivity index (χ0) is 21.2. The minimum Gasteiger partial charge on any atom is -0.467 e. The predicted octanol–water partition coefficient (Wildman–Crippen LogP) is 4.75. The Labute approximate surface area is 204 Å². The van der Waals surface area contributed by atoms with Crippen molar-refractivity contribution >= 4 is 47.2 Å². The van der Waals surface area contributed by atoms with Crippen molar-refractivity contribution in [1.82, 2.24) is 16.0 Å². The van der Waals surface area contributed by atoms with Crippen LogP contribution in [0.3, 0.4) is 0 Å². The molecule has 3 N–H and O–H groups in total. The van der Waals surface area contributed by atoms with Crippen molar-refractivity contribution in [3.05, 3.63) is 81.9 Å². The molecule has 3 rings (SSSR count). The maximum Gasteiger partial charge on any atom is 0.251 e. The van der Waals surface area contributed by atoms with Gasteiger partial charge in [0.25, 0.3) is 5.91 Å². The van der Waals surface area contributed by atoms with E-state index in [0.29, 0.717) is 24.6 Å². The fourth-order valence-corrected chi connectivity index (χ4v) is 3.71. The van der Waals surface area contributed by atoms with Crippen LogP contribution in [0.25, 0.3) is 0 Å². The minimum atomic E-state index is -0.132. The number of hydrogen-bond donors (Lipinski definition) is 3. The van der Waals surface area contributed by atoms with Crippen LogP contribution in [0.2, 0.25) is 0 Å². The molecule has 1 amide bonds. The van der Waals surface area contributed by atoms with Gasteiger partial charge in [-0.05, 0) is 48.2 Å². The van der Waals surface area contributed by atoms with Crippen molar-refractivity contribution in [2.24, 2.45) is 4.99 Å². The van der Waals surface area contributed by atoms with E-state index in [9.17, 15) is 4.79 Å².